The molecule has 0 spiro atoms. The van der Waals surface area contributed by atoms with Gasteiger partial charge in [-0.2, -0.15) is 4.31 Å². The minimum absolute atomic E-state index is 0.127. The minimum atomic E-state index is -3.68. The molecule has 1 atom stereocenters. The highest BCUT2D eigenvalue weighted by molar-refractivity contribution is 7.89. The van der Waals surface area contributed by atoms with Crippen molar-refractivity contribution in [2.75, 3.05) is 33.8 Å². The Morgan fingerprint density at radius 1 is 1.29 bits per heavy atom. The van der Waals surface area contributed by atoms with Crippen molar-refractivity contribution in [1.82, 2.24) is 9.21 Å². The van der Waals surface area contributed by atoms with Gasteiger partial charge in [0.2, 0.25) is 10.0 Å². The Bertz CT molecular complexity index is 690. The van der Waals surface area contributed by atoms with Gasteiger partial charge in [-0.15, -0.1) is 0 Å². The zero-order valence-corrected chi connectivity index (χ0v) is 14.7. The Kier molecular flexibility index (Phi) is 5.95. The third kappa shape index (κ3) is 4.12. The van der Waals surface area contributed by atoms with E-state index in [0.29, 0.717) is 24.9 Å². The first-order chi connectivity index (χ1) is 11.4. The second kappa shape index (κ2) is 7.76. The molecule has 2 rings (SSSR count). The van der Waals surface area contributed by atoms with Gasteiger partial charge in [0, 0.05) is 25.7 Å². The highest BCUT2D eigenvalue weighted by Gasteiger charge is 2.36. The van der Waals surface area contributed by atoms with Crippen LogP contribution in [0.25, 0.3) is 0 Å². The summed E-state index contributed by atoms with van der Waals surface area (Å²) >= 11 is 0. The molecule has 1 heterocycles. The maximum absolute atomic E-state index is 12.6. The van der Waals surface area contributed by atoms with Crippen molar-refractivity contribution in [3.8, 4) is 0 Å². The van der Waals surface area contributed by atoms with Gasteiger partial charge in [-0.25, -0.2) is 8.42 Å². The van der Waals surface area contributed by atoms with Crippen LogP contribution in [0, 0.1) is 0 Å². The van der Waals surface area contributed by atoms with Gasteiger partial charge in [0.05, 0.1) is 12.4 Å². The number of sulfonamides is 1. The molecular formula is C16H22N2O5S. The van der Waals surface area contributed by atoms with Crippen molar-refractivity contribution in [3.63, 3.8) is 0 Å². The van der Waals surface area contributed by atoms with Crippen LogP contribution in [0.3, 0.4) is 0 Å². The number of likely N-dealkylation sites (N-methyl/N-ethyl adjacent to an activating group) is 1. The number of methoxy groups -OCH3 is 1. The molecule has 1 fully saturated rings. The van der Waals surface area contributed by atoms with Gasteiger partial charge in [-0.3, -0.25) is 9.59 Å². The van der Waals surface area contributed by atoms with Gasteiger partial charge in [-0.1, -0.05) is 18.2 Å². The molecule has 1 aliphatic heterocycles. The number of amides is 1. The number of piperidine rings is 1. The molecule has 0 unspecified atom stereocenters. The number of carbonyl (C=O) groups excluding carboxylic acids is 2. The zero-order chi connectivity index (χ0) is 17.7. The maximum Gasteiger partial charge on any atom is 0.320 e. The van der Waals surface area contributed by atoms with Gasteiger partial charge in [0.15, 0.2) is 0 Å². The number of carbonyl (C=O) groups is 2. The SMILES string of the molecule is COC(=O)CN(C)S(=O)(=O)[C@@H]1CCCN(C(=O)c2ccccc2)C1. The van der Waals surface area contributed by atoms with E-state index in [0.717, 1.165) is 4.31 Å². The van der Waals surface area contributed by atoms with Gasteiger partial charge in [0.1, 0.15) is 6.54 Å². The topological polar surface area (TPSA) is 84.0 Å². The zero-order valence-electron chi connectivity index (χ0n) is 13.8. The predicted molar refractivity (Wildman–Crippen MR) is 88.9 cm³/mol. The van der Waals surface area contributed by atoms with Crippen LogP contribution < -0.4 is 0 Å². The van der Waals surface area contributed by atoms with Gasteiger partial charge < -0.3 is 9.64 Å². The van der Waals surface area contributed by atoms with Crippen LogP contribution in [0.2, 0.25) is 0 Å². The molecule has 0 aromatic heterocycles. The van der Waals surface area contributed by atoms with E-state index in [9.17, 15) is 18.0 Å². The van der Waals surface area contributed by atoms with Crippen LogP contribution in [-0.4, -0.2) is 68.5 Å². The average molecular weight is 354 g/mol. The second-order valence-corrected chi connectivity index (χ2v) is 8.08. The molecular weight excluding hydrogens is 332 g/mol. The standard InChI is InChI=1S/C16H22N2O5S/c1-17(12-15(19)23-2)24(21,22)14-9-6-10-18(11-14)16(20)13-7-4-3-5-8-13/h3-5,7-8,14H,6,9-12H2,1-2H3/t14-/m1/s1. The second-order valence-electron chi connectivity index (χ2n) is 5.76. The lowest BCUT2D eigenvalue weighted by molar-refractivity contribution is -0.140. The molecule has 24 heavy (non-hydrogen) atoms. The maximum atomic E-state index is 12.6. The van der Waals surface area contributed by atoms with Crippen LogP contribution in [-0.2, 0) is 19.6 Å². The van der Waals surface area contributed by atoms with Crippen molar-refractivity contribution >= 4 is 21.9 Å². The number of benzene rings is 1. The van der Waals surface area contributed by atoms with E-state index >= 15 is 0 Å². The van der Waals surface area contributed by atoms with Gasteiger partial charge in [-0.05, 0) is 25.0 Å². The molecule has 0 N–H and O–H groups in total. The van der Waals surface area contributed by atoms with Crippen LogP contribution in [0.15, 0.2) is 30.3 Å². The normalized spacial score (nSPS) is 18.5. The molecule has 1 aromatic rings. The van der Waals surface area contributed by atoms with E-state index < -0.39 is 21.2 Å². The number of nitrogens with zero attached hydrogens (tertiary/aromatic N) is 2. The summed E-state index contributed by atoms with van der Waals surface area (Å²) in [5.41, 5.74) is 0.540. The fourth-order valence-electron chi connectivity index (χ4n) is 2.72. The Hall–Kier alpha value is -1.93. The third-order valence-electron chi connectivity index (χ3n) is 4.12. The molecule has 132 valence electrons. The van der Waals surface area contributed by atoms with Crippen molar-refractivity contribution in [1.29, 1.82) is 0 Å². The Morgan fingerprint density at radius 3 is 2.58 bits per heavy atom. The monoisotopic (exact) mass is 354 g/mol. The molecule has 0 saturated carbocycles. The number of esters is 1. The van der Waals surface area contributed by atoms with E-state index in [-0.39, 0.29) is 19.0 Å². The van der Waals surface area contributed by atoms with Crippen LogP contribution in [0.1, 0.15) is 23.2 Å². The molecule has 1 aromatic carbocycles. The third-order valence-corrected chi connectivity index (χ3v) is 6.35. The predicted octanol–water partition coefficient (Wildman–Crippen LogP) is 0.726. The first kappa shape index (κ1) is 18.4. The summed E-state index contributed by atoms with van der Waals surface area (Å²) in [4.78, 5) is 25.4. The molecule has 8 heteroatoms. The summed E-state index contributed by atoms with van der Waals surface area (Å²) in [6, 6.07) is 8.79. The Balaban J connectivity index is 2.09. The van der Waals surface area contributed by atoms with Crippen molar-refractivity contribution in [3.05, 3.63) is 35.9 Å². The number of hydrogen-bond acceptors (Lipinski definition) is 5. The van der Waals surface area contributed by atoms with Crippen LogP contribution >= 0.6 is 0 Å². The molecule has 0 bridgehead atoms. The number of ether oxygens (including phenoxy) is 1. The summed E-state index contributed by atoms with van der Waals surface area (Å²) in [5, 5.41) is -0.714. The molecule has 1 amide bonds. The van der Waals surface area contributed by atoms with Crippen molar-refractivity contribution in [2.24, 2.45) is 0 Å². The number of hydrogen-bond donors (Lipinski definition) is 0. The lowest BCUT2D eigenvalue weighted by Crippen LogP contribution is -2.49. The molecule has 1 aliphatic rings. The smallest absolute Gasteiger partial charge is 0.320 e. The fraction of sp³-hybridized carbons (Fsp3) is 0.500. The molecule has 7 nitrogen and oxygen atoms in total. The quantitative estimate of drug-likeness (QED) is 0.728. The Labute approximate surface area is 142 Å². The van der Waals surface area contributed by atoms with E-state index in [2.05, 4.69) is 4.74 Å². The van der Waals surface area contributed by atoms with Crippen LogP contribution in [0.4, 0.5) is 0 Å². The van der Waals surface area contributed by atoms with Crippen molar-refractivity contribution < 1.29 is 22.7 Å². The van der Waals surface area contributed by atoms with E-state index in [1.165, 1.54) is 14.2 Å². The highest BCUT2D eigenvalue weighted by atomic mass is 32.2. The fourth-order valence-corrected chi connectivity index (χ4v) is 4.35. The van der Waals surface area contributed by atoms with Crippen LogP contribution in [0.5, 0.6) is 0 Å². The lowest BCUT2D eigenvalue weighted by atomic mass is 10.1. The highest BCUT2D eigenvalue weighted by Crippen LogP contribution is 2.21. The minimum Gasteiger partial charge on any atom is -0.468 e. The summed E-state index contributed by atoms with van der Waals surface area (Å²) < 4.78 is 30.8. The van der Waals surface area contributed by atoms with E-state index in [4.69, 9.17) is 0 Å². The number of likely N-dealkylation sites (tertiary alicyclic amines) is 1. The first-order valence-electron chi connectivity index (χ1n) is 7.72. The summed E-state index contributed by atoms with van der Waals surface area (Å²) in [7, 11) is -1.11. The van der Waals surface area contributed by atoms with Gasteiger partial charge >= 0.3 is 5.97 Å². The van der Waals surface area contributed by atoms with E-state index in [1.54, 1.807) is 29.2 Å². The largest absolute Gasteiger partial charge is 0.468 e. The number of rotatable bonds is 5. The summed E-state index contributed by atoms with van der Waals surface area (Å²) in [5.74, 6) is -0.791. The summed E-state index contributed by atoms with van der Waals surface area (Å²) in [6.07, 6.45) is 1.07. The Morgan fingerprint density at radius 2 is 1.96 bits per heavy atom. The van der Waals surface area contributed by atoms with E-state index in [1.807, 2.05) is 6.07 Å². The molecule has 0 aliphatic carbocycles. The first-order valence-corrected chi connectivity index (χ1v) is 9.23. The summed E-state index contributed by atoms with van der Waals surface area (Å²) in [6.45, 7) is 0.323. The average Bonchev–Trinajstić information content (AvgIpc) is 2.61. The van der Waals surface area contributed by atoms with Gasteiger partial charge in [0.25, 0.3) is 5.91 Å². The molecule has 1 saturated heterocycles. The lowest BCUT2D eigenvalue weighted by Gasteiger charge is -2.34. The molecule has 0 radical (unpaired) electrons. The van der Waals surface area contributed by atoms with Crippen molar-refractivity contribution in [2.45, 2.75) is 18.1 Å².